The highest BCUT2D eigenvalue weighted by atomic mass is 79.9. The molecular weight excluding hydrogens is 298 g/mol. The van der Waals surface area contributed by atoms with Crippen LogP contribution in [0.3, 0.4) is 0 Å². The van der Waals surface area contributed by atoms with E-state index in [9.17, 15) is 0 Å². The molecule has 1 aromatic carbocycles. The number of anilines is 1. The van der Waals surface area contributed by atoms with Gasteiger partial charge in [-0.05, 0) is 35.9 Å². The molecule has 0 aliphatic rings. The van der Waals surface area contributed by atoms with E-state index >= 15 is 0 Å². The number of rotatable bonds is 4. The first-order valence-corrected chi connectivity index (χ1v) is 6.86. The Labute approximate surface area is 113 Å². The van der Waals surface area contributed by atoms with E-state index in [4.69, 9.17) is 5.84 Å². The minimum atomic E-state index is 0.692. The Bertz CT molecular complexity index is 505. The largest absolute Gasteiger partial charge is 0.308 e. The number of halogens is 1. The van der Waals surface area contributed by atoms with Crippen molar-refractivity contribution in [1.82, 2.24) is 4.98 Å². The van der Waals surface area contributed by atoms with Crippen LogP contribution < -0.4 is 11.3 Å². The third kappa shape index (κ3) is 3.73. The second-order valence-electron chi connectivity index (χ2n) is 3.44. The molecule has 0 fully saturated rings. The number of pyridine rings is 1. The normalized spacial score (nSPS) is 10.2. The van der Waals surface area contributed by atoms with Gasteiger partial charge in [-0.3, -0.25) is 0 Å². The highest BCUT2D eigenvalue weighted by molar-refractivity contribution is 9.10. The van der Waals surface area contributed by atoms with Crippen LogP contribution in [-0.2, 0) is 5.75 Å². The lowest BCUT2D eigenvalue weighted by molar-refractivity contribution is 1.20. The number of nitrogens with one attached hydrogen (secondary N) is 1. The summed E-state index contributed by atoms with van der Waals surface area (Å²) in [6.07, 6.45) is 1.76. The van der Waals surface area contributed by atoms with Crippen LogP contribution in [0.1, 0.15) is 5.56 Å². The summed E-state index contributed by atoms with van der Waals surface area (Å²) in [6.45, 7) is 0. The molecule has 0 aliphatic heterocycles. The van der Waals surface area contributed by atoms with E-state index in [-0.39, 0.29) is 0 Å². The van der Waals surface area contributed by atoms with Crippen LogP contribution in [0, 0.1) is 0 Å². The summed E-state index contributed by atoms with van der Waals surface area (Å²) in [6, 6.07) is 12.2. The number of nitrogens with two attached hydrogens (primary N) is 1. The summed E-state index contributed by atoms with van der Waals surface area (Å²) < 4.78 is 1.10. The predicted octanol–water partition coefficient (Wildman–Crippen LogP) is 3.42. The Morgan fingerprint density at radius 2 is 2.18 bits per heavy atom. The molecule has 0 amide bonds. The number of hydrogen-bond acceptors (Lipinski definition) is 4. The van der Waals surface area contributed by atoms with Gasteiger partial charge in [0.25, 0.3) is 0 Å². The zero-order valence-corrected chi connectivity index (χ0v) is 11.5. The van der Waals surface area contributed by atoms with Crippen LogP contribution in [0.5, 0.6) is 0 Å². The zero-order chi connectivity index (χ0) is 12.1. The first-order valence-electron chi connectivity index (χ1n) is 5.08. The van der Waals surface area contributed by atoms with Gasteiger partial charge in [-0.1, -0.05) is 22.0 Å². The molecule has 17 heavy (non-hydrogen) atoms. The van der Waals surface area contributed by atoms with Gasteiger partial charge in [0.15, 0.2) is 0 Å². The van der Waals surface area contributed by atoms with Crippen molar-refractivity contribution < 1.29 is 0 Å². The fourth-order valence-corrected chi connectivity index (χ4v) is 2.82. The monoisotopic (exact) mass is 309 g/mol. The zero-order valence-electron chi connectivity index (χ0n) is 9.06. The summed E-state index contributed by atoms with van der Waals surface area (Å²) in [5.41, 5.74) is 3.74. The molecule has 0 unspecified atom stereocenters. The second-order valence-corrected chi connectivity index (χ2v) is 5.40. The van der Waals surface area contributed by atoms with Crippen molar-refractivity contribution in [3.05, 3.63) is 52.6 Å². The van der Waals surface area contributed by atoms with E-state index in [1.165, 1.54) is 10.5 Å². The number of benzene rings is 1. The first kappa shape index (κ1) is 12.4. The molecule has 1 heterocycles. The van der Waals surface area contributed by atoms with E-state index in [0.29, 0.717) is 5.82 Å². The van der Waals surface area contributed by atoms with Gasteiger partial charge < -0.3 is 5.43 Å². The maximum Gasteiger partial charge on any atom is 0.140 e. The van der Waals surface area contributed by atoms with Gasteiger partial charge in [0.05, 0.1) is 0 Å². The van der Waals surface area contributed by atoms with E-state index in [0.717, 1.165) is 10.2 Å². The molecule has 0 atom stereocenters. The second kappa shape index (κ2) is 6.05. The van der Waals surface area contributed by atoms with Gasteiger partial charge in [-0.15, -0.1) is 11.8 Å². The van der Waals surface area contributed by atoms with E-state index in [1.54, 1.807) is 18.0 Å². The number of nitrogen functional groups attached to an aromatic ring is 1. The van der Waals surface area contributed by atoms with Crippen LogP contribution in [0.25, 0.3) is 0 Å². The minimum Gasteiger partial charge on any atom is -0.308 e. The maximum absolute atomic E-state index is 5.32. The van der Waals surface area contributed by atoms with Crippen molar-refractivity contribution in [2.24, 2.45) is 5.84 Å². The van der Waals surface area contributed by atoms with Gasteiger partial charge in [-0.25, -0.2) is 10.8 Å². The standard InChI is InChI=1S/C12H12BrN3S/c13-10-2-1-3-11(7-10)17-8-9-4-5-15-12(6-9)16-14/h1-7H,8,14H2,(H,15,16). The Morgan fingerprint density at radius 3 is 2.94 bits per heavy atom. The van der Waals surface area contributed by atoms with E-state index in [2.05, 4.69) is 38.5 Å². The topological polar surface area (TPSA) is 50.9 Å². The third-order valence-corrected chi connectivity index (χ3v) is 3.73. The van der Waals surface area contributed by atoms with Gasteiger partial charge in [0, 0.05) is 21.3 Å². The highest BCUT2D eigenvalue weighted by Gasteiger charge is 1.99. The highest BCUT2D eigenvalue weighted by Crippen LogP contribution is 2.25. The molecule has 0 saturated carbocycles. The maximum atomic E-state index is 5.32. The fraction of sp³-hybridized carbons (Fsp3) is 0.0833. The average molecular weight is 310 g/mol. The number of thioether (sulfide) groups is 1. The Kier molecular flexibility index (Phi) is 4.42. The van der Waals surface area contributed by atoms with Gasteiger partial charge >= 0.3 is 0 Å². The van der Waals surface area contributed by atoms with Crippen molar-refractivity contribution in [1.29, 1.82) is 0 Å². The Hall–Kier alpha value is -1.04. The molecule has 0 aliphatic carbocycles. The van der Waals surface area contributed by atoms with Crippen LogP contribution >= 0.6 is 27.7 Å². The van der Waals surface area contributed by atoms with E-state index < -0.39 is 0 Å². The van der Waals surface area contributed by atoms with Gasteiger partial charge in [-0.2, -0.15) is 0 Å². The van der Waals surface area contributed by atoms with Crippen molar-refractivity contribution in [2.75, 3.05) is 5.43 Å². The van der Waals surface area contributed by atoms with Crippen molar-refractivity contribution in [2.45, 2.75) is 10.6 Å². The number of hydrogen-bond donors (Lipinski definition) is 2. The van der Waals surface area contributed by atoms with Crippen LogP contribution in [-0.4, -0.2) is 4.98 Å². The summed E-state index contributed by atoms with van der Waals surface area (Å²) in [7, 11) is 0. The molecule has 0 saturated heterocycles. The predicted molar refractivity (Wildman–Crippen MR) is 75.8 cm³/mol. The molecule has 3 N–H and O–H groups in total. The minimum absolute atomic E-state index is 0.692. The quantitative estimate of drug-likeness (QED) is 0.516. The summed E-state index contributed by atoms with van der Waals surface area (Å²) >= 11 is 5.24. The van der Waals surface area contributed by atoms with Crippen LogP contribution in [0.2, 0.25) is 0 Å². The lowest BCUT2D eigenvalue weighted by atomic mass is 10.3. The molecular formula is C12H12BrN3S. The van der Waals surface area contributed by atoms with Crippen molar-refractivity contribution in [3.63, 3.8) is 0 Å². The Morgan fingerprint density at radius 1 is 1.29 bits per heavy atom. The van der Waals surface area contributed by atoms with E-state index in [1.807, 2.05) is 24.3 Å². The van der Waals surface area contributed by atoms with Gasteiger partial charge in [0.2, 0.25) is 0 Å². The molecule has 88 valence electrons. The SMILES string of the molecule is NNc1cc(CSc2cccc(Br)c2)ccn1. The number of nitrogens with zero attached hydrogens (tertiary/aromatic N) is 1. The molecule has 1 aromatic heterocycles. The summed E-state index contributed by atoms with van der Waals surface area (Å²) in [5, 5.41) is 0. The molecule has 2 rings (SSSR count). The molecule has 2 aromatic rings. The van der Waals surface area contributed by atoms with Crippen LogP contribution in [0.4, 0.5) is 5.82 Å². The molecule has 3 nitrogen and oxygen atoms in total. The van der Waals surface area contributed by atoms with Gasteiger partial charge in [0.1, 0.15) is 5.82 Å². The fourth-order valence-electron chi connectivity index (χ4n) is 1.37. The van der Waals surface area contributed by atoms with Crippen molar-refractivity contribution >= 4 is 33.5 Å². The lowest BCUT2D eigenvalue weighted by Crippen LogP contribution is -2.08. The Balaban J connectivity index is 2.02. The number of hydrazine groups is 1. The molecule has 5 heteroatoms. The number of aromatic nitrogens is 1. The lowest BCUT2D eigenvalue weighted by Gasteiger charge is -2.04. The van der Waals surface area contributed by atoms with Crippen LogP contribution in [0.15, 0.2) is 52.0 Å². The summed E-state index contributed by atoms with van der Waals surface area (Å²) in [4.78, 5) is 5.31. The van der Waals surface area contributed by atoms with Crippen molar-refractivity contribution in [3.8, 4) is 0 Å². The average Bonchev–Trinajstić information content (AvgIpc) is 2.37. The molecule has 0 radical (unpaired) electrons. The third-order valence-electron chi connectivity index (χ3n) is 2.17. The molecule has 0 spiro atoms. The summed E-state index contributed by atoms with van der Waals surface area (Å²) in [5.74, 6) is 6.91. The molecule has 0 bridgehead atoms. The first-order chi connectivity index (χ1) is 8.28. The smallest absolute Gasteiger partial charge is 0.140 e.